The molecule has 1 atom stereocenters. The van der Waals surface area contributed by atoms with Crippen molar-refractivity contribution in [2.45, 2.75) is 65.0 Å². The van der Waals surface area contributed by atoms with Crippen molar-refractivity contribution in [1.82, 2.24) is 10.2 Å². The summed E-state index contributed by atoms with van der Waals surface area (Å²) in [4.78, 5) is 2.60. The van der Waals surface area contributed by atoms with Crippen LogP contribution in [0, 0.1) is 0 Å². The quantitative estimate of drug-likeness (QED) is 0.686. The predicted octanol–water partition coefficient (Wildman–Crippen LogP) is 2.66. The van der Waals surface area contributed by atoms with Gasteiger partial charge in [-0.15, -0.1) is 0 Å². The Hall–Kier alpha value is -0.120. The molecular weight excluding hydrogens is 224 g/mol. The van der Waals surface area contributed by atoms with Gasteiger partial charge in [0, 0.05) is 25.7 Å². The number of likely N-dealkylation sites (tertiary alicyclic amines) is 1. The van der Waals surface area contributed by atoms with Crippen molar-refractivity contribution in [2.75, 3.05) is 32.8 Å². The molecule has 1 rings (SSSR count). The van der Waals surface area contributed by atoms with Gasteiger partial charge < -0.3 is 15.0 Å². The zero-order valence-electron chi connectivity index (χ0n) is 12.6. The van der Waals surface area contributed by atoms with E-state index in [0.717, 1.165) is 13.2 Å². The van der Waals surface area contributed by atoms with Crippen LogP contribution in [0.15, 0.2) is 0 Å². The van der Waals surface area contributed by atoms with Crippen molar-refractivity contribution in [3.8, 4) is 0 Å². The Morgan fingerprint density at radius 1 is 1.28 bits per heavy atom. The van der Waals surface area contributed by atoms with Gasteiger partial charge in [0.05, 0.1) is 6.10 Å². The van der Waals surface area contributed by atoms with Gasteiger partial charge in [0.2, 0.25) is 0 Å². The van der Waals surface area contributed by atoms with E-state index in [0.29, 0.717) is 12.1 Å². The number of nitrogens with zero attached hydrogens (tertiary/aromatic N) is 1. The smallest absolute Gasteiger partial charge is 0.0599 e. The lowest BCUT2D eigenvalue weighted by atomic mass is 10.1. The summed E-state index contributed by atoms with van der Waals surface area (Å²) < 4.78 is 5.68. The molecule has 1 saturated heterocycles. The van der Waals surface area contributed by atoms with Crippen LogP contribution in [0.4, 0.5) is 0 Å². The molecule has 1 fully saturated rings. The molecule has 0 saturated carbocycles. The van der Waals surface area contributed by atoms with Crippen LogP contribution in [-0.2, 0) is 4.74 Å². The van der Waals surface area contributed by atoms with Gasteiger partial charge in [-0.2, -0.15) is 0 Å². The monoisotopic (exact) mass is 256 g/mol. The molecule has 1 N–H and O–H groups in total. The van der Waals surface area contributed by atoms with Gasteiger partial charge in [0.25, 0.3) is 0 Å². The molecule has 108 valence electrons. The number of hydrogen-bond acceptors (Lipinski definition) is 3. The van der Waals surface area contributed by atoms with E-state index in [1.807, 2.05) is 0 Å². The van der Waals surface area contributed by atoms with Crippen LogP contribution in [0.1, 0.15) is 52.9 Å². The molecule has 0 amide bonds. The molecule has 1 aliphatic heterocycles. The van der Waals surface area contributed by atoms with Gasteiger partial charge in [-0.05, 0) is 59.0 Å². The first-order valence-electron chi connectivity index (χ1n) is 7.83. The SMILES string of the molecule is CCCNC(C)CCCN1CCC(OCC)CC1. The van der Waals surface area contributed by atoms with Gasteiger partial charge in [-0.25, -0.2) is 0 Å². The molecule has 0 aliphatic carbocycles. The molecule has 1 unspecified atom stereocenters. The summed E-state index contributed by atoms with van der Waals surface area (Å²) in [5, 5.41) is 3.56. The molecule has 0 aromatic heterocycles. The van der Waals surface area contributed by atoms with Crippen molar-refractivity contribution in [1.29, 1.82) is 0 Å². The van der Waals surface area contributed by atoms with Gasteiger partial charge >= 0.3 is 0 Å². The Bertz CT molecular complexity index is 191. The number of nitrogens with one attached hydrogen (secondary N) is 1. The summed E-state index contributed by atoms with van der Waals surface area (Å²) in [6, 6.07) is 0.672. The number of hydrogen-bond donors (Lipinski definition) is 1. The maximum atomic E-state index is 5.68. The molecule has 3 heteroatoms. The van der Waals surface area contributed by atoms with Crippen LogP contribution >= 0.6 is 0 Å². The Morgan fingerprint density at radius 3 is 2.61 bits per heavy atom. The fourth-order valence-electron chi connectivity index (χ4n) is 2.65. The van der Waals surface area contributed by atoms with Crippen molar-refractivity contribution in [3.05, 3.63) is 0 Å². The summed E-state index contributed by atoms with van der Waals surface area (Å²) in [6.07, 6.45) is 6.81. The second-order valence-corrected chi connectivity index (χ2v) is 5.49. The first-order chi connectivity index (χ1) is 8.76. The molecule has 1 aliphatic rings. The molecule has 0 aromatic rings. The lowest BCUT2D eigenvalue weighted by Crippen LogP contribution is -2.38. The first-order valence-corrected chi connectivity index (χ1v) is 7.83. The van der Waals surface area contributed by atoms with E-state index in [1.165, 1.54) is 51.7 Å². The Labute approximate surface area is 113 Å². The lowest BCUT2D eigenvalue weighted by molar-refractivity contribution is 0.0139. The zero-order valence-corrected chi connectivity index (χ0v) is 12.6. The summed E-state index contributed by atoms with van der Waals surface area (Å²) in [7, 11) is 0. The first kappa shape index (κ1) is 15.9. The van der Waals surface area contributed by atoms with Crippen LogP contribution in [-0.4, -0.2) is 49.8 Å². The number of piperidine rings is 1. The Balaban J connectivity index is 2.00. The topological polar surface area (TPSA) is 24.5 Å². The highest BCUT2D eigenvalue weighted by molar-refractivity contribution is 4.73. The number of rotatable bonds is 9. The minimum atomic E-state index is 0.524. The molecule has 0 bridgehead atoms. The van der Waals surface area contributed by atoms with Crippen LogP contribution in [0.3, 0.4) is 0 Å². The maximum Gasteiger partial charge on any atom is 0.0599 e. The van der Waals surface area contributed by atoms with E-state index < -0.39 is 0 Å². The van der Waals surface area contributed by atoms with Crippen LogP contribution in [0.25, 0.3) is 0 Å². The molecule has 18 heavy (non-hydrogen) atoms. The average Bonchev–Trinajstić information content (AvgIpc) is 2.39. The van der Waals surface area contributed by atoms with E-state index in [4.69, 9.17) is 4.74 Å². The van der Waals surface area contributed by atoms with Crippen LogP contribution < -0.4 is 5.32 Å². The standard InChI is InChI=1S/C15H32N2O/c1-4-10-16-14(3)7-6-11-17-12-8-15(9-13-17)18-5-2/h14-16H,4-13H2,1-3H3. The summed E-state index contributed by atoms with van der Waals surface area (Å²) in [6.45, 7) is 12.3. The summed E-state index contributed by atoms with van der Waals surface area (Å²) >= 11 is 0. The summed E-state index contributed by atoms with van der Waals surface area (Å²) in [5.41, 5.74) is 0. The molecule has 0 spiro atoms. The van der Waals surface area contributed by atoms with Crippen molar-refractivity contribution < 1.29 is 4.74 Å². The van der Waals surface area contributed by atoms with Crippen LogP contribution in [0.2, 0.25) is 0 Å². The van der Waals surface area contributed by atoms with E-state index in [-0.39, 0.29) is 0 Å². The minimum Gasteiger partial charge on any atom is -0.378 e. The predicted molar refractivity (Wildman–Crippen MR) is 78.1 cm³/mol. The van der Waals surface area contributed by atoms with Gasteiger partial charge in [0.1, 0.15) is 0 Å². The normalized spacial score (nSPS) is 20.2. The van der Waals surface area contributed by atoms with Crippen LogP contribution in [0.5, 0.6) is 0 Å². The molecule has 1 heterocycles. The molecular formula is C15H32N2O. The van der Waals surface area contributed by atoms with E-state index in [9.17, 15) is 0 Å². The van der Waals surface area contributed by atoms with Crippen molar-refractivity contribution in [3.63, 3.8) is 0 Å². The lowest BCUT2D eigenvalue weighted by Gasteiger charge is -2.31. The summed E-state index contributed by atoms with van der Waals surface area (Å²) in [5.74, 6) is 0. The largest absolute Gasteiger partial charge is 0.378 e. The third kappa shape index (κ3) is 6.72. The average molecular weight is 256 g/mol. The fourth-order valence-corrected chi connectivity index (χ4v) is 2.65. The second kappa shape index (κ2) is 9.76. The van der Waals surface area contributed by atoms with E-state index in [1.54, 1.807) is 0 Å². The molecule has 0 radical (unpaired) electrons. The third-order valence-corrected chi connectivity index (χ3v) is 3.79. The highest BCUT2D eigenvalue weighted by Crippen LogP contribution is 2.14. The Morgan fingerprint density at radius 2 is 2.00 bits per heavy atom. The second-order valence-electron chi connectivity index (χ2n) is 5.49. The van der Waals surface area contributed by atoms with E-state index >= 15 is 0 Å². The Kier molecular flexibility index (Phi) is 8.64. The van der Waals surface area contributed by atoms with Crippen molar-refractivity contribution in [2.24, 2.45) is 0 Å². The minimum absolute atomic E-state index is 0.524. The maximum absolute atomic E-state index is 5.68. The van der Waals surface area contributed by atoms with Gasteiger partial charge in [-0.1, -0.05) is 6.92 Å². The third-order valence-electron chi connectivity index (χ3n) is 3.79. The highest BCUT2D eigenvalue weighted by Gasteiger charge is 2.18. The van der Waals surface area contributed by atoms with E-state index in [2.05, 4.69) is 31.0 Å². The molecule has 0 aromatic carbocycles. The number of ether oxygens (including phenoxy) is 1. The highest BCUT2D eigenvalue weighted by atomic mass is 16.5. The zero-order chi connectivity index (χ0) is 13.2. The fraction of sp³-hybridized carbons (Fsp3) is 1.00. The molecule has 3 nitrogen and oxygen atoms in total. The van der Waals surface area contributed by atoms with Crippen molar-refractivity contribution >= 4 is 0 Å². The van der Waals surface area contributed by atoms with Gasteiger partial charge in [-0.3, -0.25) is 0 Å². The van der Waals surface area contributed by atoms with Gasteiger partial charge in [0.15, 0.2) is 0 Å².